The normalized spacial score (nSPS) is 9.89. The van der Waals surface area contributed by atoms with Gasteiger partial charge in [0, 0.05) is 10.7 Å². The third-order valence-corrected chi connectivity index (χ3v) is 3.84. The van der Waals surface area contributed by atoms with Crippen molar-refractivity contribution in [2.75, 3.05) is 15.8 Å². The molecule has 0 unspecified atom stereocenters. The van der Waals surface area contributed by atoms with E-state index in [-0.39, 0.29) is 0 Å². The van der Waals surface area contributed by atoms with Crippen LogP contribution >= 0.6 is 11.6 Å². The van der Waals surface area contributed by atoms with Crippen molar-refractivity contribution >= 4 is 40.7 Å². The number of carbonyl (C=O) groups is 2. The number of hydrogen-bond donors (Lipinski definition) is 4. The highest BCUT2D eigenvalue weighted by atomic mass is 35.5. The summed E-state index contributed by atoms with van der Waals surface area (Å²) in [5, 5.41) is 4.29. The van der Waals surface area contributed by atoms with Gasteiger partial charge in [0.25, 0.3) is 0 Å². The molecule has 3 rings (SSSR count). The molecule has 0 aliphatic carbocycles. The number of nitrogens with one attached hydrogen (secondary N) is 4. The molecular weight excluding hydrogens is 378 g/mol. The topological polar surface area (TPSA) is 85.5 Å². The average Bonchev–Trinajstić information content (AvgIpc) is 2.72. The van der Waals surface area contributed by atoms with Gasteiger partial charge in [0.1, 0.15) is 0 Å². The maximum Gasteiger partial charge on any atom is 0.352 e. The zero-order chi connectivity index (χ0) is 19.8. The molecule has 0 atom stereocenters. The first-order chi connectivity index (χ1) is 13.6. The van der Waals surface area contributed by atoms with Gasteiger partial charge in [-0.15, -0.1) is 0 Å². The highest BCUT2D eigenvalue weighted by Gasteiger charge is 2.18. The Balaban J connectivity index is 1.70. The van der Waals surface area contributed by atoms with E-state index in [0.29, 0.717) is 22.1 Å². The van der Waals surface area contributed by atoms with Crippen molar-refractivity contribution in [3.8, 4) is 0 Å². The number of hydrogen-bond acceptors (Lipinski definition) is 3. The lowest BCUT2D eigenvalue weighted by molar-refractivity contribution is 0.236. The molecule has 0 saturated carbocycles. The van der Waals surface area contributed by atoms with Crippen LogP contribution in [0.2, 0.25) is 5.02 Å². The zero-order valence-corrected chi connectivity index (χ0v) is 15.5. The minimum absolute atomic E-state index is 0.483. The van der Waals surface area contributed by atoms with Gasteiger partial charge in [-0.2, -0.15) is 0 Å². The van der Waals surface area contributed by atoms with Crippen LogP contribution in [0.3, 0.4) is 0 Å². The van der Waals surface area contributed by atoms with Crippen molar-refractivity contribution in [1.82, 2.24) is 10.9 Å². The lowest BCUT2D eigenvalue weighted by Gasteiger charge is -2.24. The molecule has 8 heteroatoms. The van der Waals surface area contributed by atoms with Crippen LogP contribution in [0.15, 0.2) is 84.9 Å². The molecule has 0 aliphatic heterocycles. The van der Waals surface area contributed by atoms with E-state index < -0.39 is 12.1 Å². The number of carbonyl (C=O) groups excluding carboxylic acids is 2. The maximum absolute atomic E-state index is 12.7. The Morgan fingerprint density at radius 3 is 2.11 bits per heavy atom. The molecule has 4 amide bonds. The number of halogens is 1. The third kappa shape index (κ3) is 5.39. The number of hydrazine groups is 2. The fourth-order valence-electron chi connectivity index (χ4n) is 2.34. The van der Waals surface area contributed by atoms with Crippen LogP contribution < -0.4 is 26.6 Å². The predicted octanol–water partition coefficient (Wildman–Crippen LogP) is 4.62. The summed E-state index contributed by atoms with van der Waals surface area (Å²) in [5.41, 5.74) is 9.44. The molecule has 4 N–H and O–H groups in total. The highest BCUT2D eigenvalue weighted by Crippen LogP contribution is 2.17. The smallest absolute Gasteiger partial charge is 0.306 e. The fraction of sp³-hybridized carbons (Fsp3) is 0. The summed E-state index contributed by atoms with van der Waals surface area (Å²) in [7, 11) is 0. The van der Waals surface area contributed by atoms with Gasteiger partial charge in [-0.3, -0.25) is 10.9 Å². The molecule has 3 aromatic carbocycles. The van der Waals surface area contributed by atoms with E-state index in [1.54, 1.807) is 60.7 Å². The number of anilines is 3. The summed E-state index contributed by atoms with van der Waals surface area (Å²) < 4.78 is 0. The van der Waals surface area contributed by atoms with E-state index >= 15 is 0 Å². The van der Waals surface area contributed by atoms with Crippen LogP contribution in [0.1, 0.15) is 0 Å². The largest absolute Gasteiger partial charge is 0.352 e. The fourth-order valence-corrected chi connectivity index (χ4v) is 2.53. The minimum Gasteiger partial charge on any atom is -0.306 e. The second-order valence-corrected chi connectivity index (χ2v) is 6.10. The first-order valence-corrected chi connectivity index (χ1v) is 8.79. The summed E-state index contributed by atoms with van der Waals surface area (Å²) in [6.45, 7) is 0. The van der Waals surface area contributed by atoms with Gasteiger partial charge in [0.05, 0.1) is 11.4 Å². The highest BCUT2D eigenvalue weighted by molar-refractivity contribution is 6.30. The van der Waals surface area contributed by atoms with Gasteiger partial charge in [-0.25, -0.2) is 20.0 Å². The van der Waals surface area contributed by atoms with Crippen molar-refractivity contribution in [2.45, 2.75) is 0 Å². The van der Waals surface area contributed by atoms with Crippen LogP contribution in [0.25, 0.3) is 0 Å². The SMILES string of the molecule is O=C(NNc1ccccc1)NN(C(=O)Nc1cccc(Cl)c1)c1ccccc1. The Hall–Kier alpha value is -3.71. The number of urea groups is 2. The number of para-hydroxylation sites is 2. The number of benzene rings is 3. The summed E-state index contributed by atoms with van der Waals surface area (Å²) in [4.78, 5) is 25.0. The van der Waals surface area contributed by atoms with Crippen molar-refractivity contribution in [1.29, 1.82) is 0 Å². The quantitative estimate of drug-likeness (QED) is 0.486. The summed E-state index contributed by atoms with van der Waals surface area (Å²) >= 11 is 5.96. The summed E-state index contributed by atoms with van der Waals surface area (Å²) in [6, 6.07) is 23.4. The van der Waals surface area contributed by atoms with Gasteiger partial charge in [-0.1, -0.05) is 54.1 Å². The molecule has 0 bridgehead atoms. The van der Waals surface area contributed by atoms with Crippen molar-refractivity contribution in [3.05, 3.63) is 90.0 Å². The molecule has 0 saturated heterocycles. The third-order valence-electron chi connectivity index (χ3n) is 3.60. The molecule has 0 heterocycles. The minimum atomic E-state index is -0.617. The van der Waals surface area contributed by atoms with Crippen molar-refractivity contribution < 1.29 is 9.59 Å². The number of rotatable bonds is 4. The maximum atomic E-state index is 12.7. The standard InChI is InChI=1S/C20H18ClN5O2/c21-15-8-7-11-17(14-15)22-20(28)26(18-12-5-2-6-13-18)25-19(27)24-23-16-9-3-1-4-10-16/h1-14,23H,(H,22,28)(H2,24,25,27). The predicted molar refractivity (Wildman–Crippen MR) is 111 cm³/mol. The van der Waals surface area contributed by atoms with Crippen LogP contribution in [0.5, 0.6) is 0 Å². The molecule has 0 spiro atoms. The zero-order valence-electron chi connectivity index (χ0n) is 14.7. The molecule has 0 fully saturated rings. The van der Waals surface area contributed by atoms with E-state index in [9.17, 15) is 9.59 Å². The lowest BCUT2D eigenvalue weighted by Crippen LogP contribution is -2.53. The van der Waals surface area contributed by atoms with E-state index in [1.807, 2.05) is 24.3 Å². The van der Waals surface area contributed by atoms with E-state index in [1.165, 1.54) is 0 Å². The Morgan fingerprint density at radius 2 is 1.43 bits per heavy atom. The molecule has 0 aromatic heterocycles. The second kappa shape index (κ2) is 9.29. The summed E-state index contributed by atoms with van der Waals surface area (Å²) in [5.74, 6) is 0. The summed E-state index contributed by atoms with van der Waals surface area (Å²) in [6.07, 6.45) is 0. The van der Waals surface area contributed by atoms with E-state index in [4.69, 9.17) is 11.6 Å². The van der Waals surface area contributed by atoms with Gasteiger partial charge in [0.2, 0.25) is 0 Å². The second-order valence-electron chi connectivity index (χ2n) is 5.67. The van der Waals surface area contributed by atoms with Gasteiger partial charge in [0.15, 0.2) is 0 Å². The molecular formula is C20H18ClN5O2. The molecule has 28 heavy (non-hydrogen) atoms. The van der Waals surface area contributed by atoms with Crippen LogP contribution in [0.4, 0.5) is 26.7 Å². The van der Waals surface area contributed by atoms with Crippen molar-refractivity contribution in [2.24, 2.45) is 0 Å². The van der Waals surface area contributed by atoms with E-state index in [0.717, 1.165) is 5.01 Å². The molecule has 7 nitrogen and oxygen atoms in total. The first-order valence-electron chi connectivity index (χ1n) is 8.41. The Bertz CT molecular complexity index is 938. The Labute approximate surface area is 167 Å². The van der Waals surface area contributed by atoms with Gasteiger partial charge < -0.3 is 5.32 Å². The van der Waals surface area contributed by atoms with Gasteiger partial charge >= 0.3 is 12.1 Å². The Morgan fingerprint density at radius 1 is 0.786 bits per heavy atom. The van der Waals surface area contributed by atoms with Crippen LogP contribution in [-0.2, 0) is 0 Å². The molecule has 0 aliphatic rings. The average molecular weight is 396 g/mol. The van der Waals surface area contributed by atoms with Crippen LogP contribution in [0, 0.1) is 0 Å². The number of nitrogens with zero attached hydrogens (tertiary/aromatic N) is 1. The molecule has 3 aromatic rings. The van der Waals surface area contributed by atoms with Gasteiger partial charge in [-0.05, 0) is 42.5 Å². The van der Waals surface area contributed by atoms with Crippen LogP contribution in [-0.4, -0.2) is 12.1 Å². The van der Waals surface area contributed by atoms with E-state index in [2.05, 4.69) is 21.6 Å². The Kier molecular flexibility index (Phi) is 6.33. The van der Waals surface area contributed by atoms with Crippen molar-refractivity contribution in [3.63, 3.8) is 0 Å². The molecule has 142 valence electrons. The monoisotopic (exact) mass is 395 g/mol. The first kappa shape index (κ1) is 19.1. The molecule has 0 radical (unpaired) electrons. The number of amides is 4. The lowest BCUT2D eigenvalue weighted by atomic mass is 10.3.